The molecule has 1 aliphatic carbocycles. The van der Waals surface area contributed by atoms with Gasteiger partial charge in [-0.15, -0.1) is 0 Å². The zero-order chi connectivity index (χ0) is 16.9. The average molecular weight is 330 g/mol. The van der Waals surface area contributed by atoms with Crippen LogP contribution < -0.4 is 10.6 Å². The van der Waals surface area contributed by atoms with Crippen LogP contribution in [0.3, 0.4) is 0 Å². The first-order valence-corrected chi connectivity index (χ1v) is 7.70. The van der Waals surface area contributed by atoms with Gasteiger partial charge in [-0.2, -0.15) is 13.2 Å². The first-order chi connectivity index (χ1) is 10.8. The van der Waals surface area contributed by atoms with Gasteiger partial charge in [0, 0.05) is 13.1 Å². The van der Waals surface area contributed by atoms with Crippen LogP contribution in [-0.4, -0.2) is 30.3 Å². The molecule has 0 spiro atoms. The Kier molecular flexibility index (Phi) is 5.87. The number of rotatable bonds is 5. The Bertz CT molecular complexity index is 517. The van der Waals surface area contributed by atoms with Gasteiger partial charge in [-0.25, -0.2) is 4.79 Å². The number of nitrogens with one attached hydrogen (secondary N) is 2. The van der Waals surface area contributed by atoms with Crippen LogP contribution in [-0.2, 0) is 12.6 Å². The van der Waals surface area contributed by atoms with Crippen LogP contribution >= 0.6 is 0 Å². The van der Waals surface area contributed by atoms with Crippen LogP contribution in [0.15, 0.2) is 24.3 Å². The Morgan fingerprint density at radius 3 is 2.43 bits per heavy atom. The Hall–Kier alpha value is -1.76. The van der Waals surface area contributed by atoms with E-state index in [2.05, 4.69) is 10.6 Å². The molecule has 2 amide bonds. The molecule has 1 aromatic rings. The number of hydrogen-bond acceptors (Lipinski definition) is 2. The number of urea groups is 1. The minimum atomic E-state index is -4.33. The maximum atomic E-state index is 12.4. The quantitative estimate of drug-likeness (QED) is 0.777. The second kappa shape index (κ2) is 7.68. The number of carbonyl (C=O) groups excluding carboxylic acids is 1. The minimum Gasteiger partial charge on any atom is -0.393 e. The molecule has 1 saturated carbocycles. The zero-order valence-corrected chi connectivity index (χ0v) is 12.7. The smallest absolute Gasteiger partial charge is 0.393 e. The van der Waals surface area contributed by atoms with Gasteiger partial charge in [0.15, 0.2) is 0 Å². The molecule has 3 N–H and O–H groups in total. The number of aliphatic hydroxyl groups is 1. The van der Waals surface area contributed by atoms with Crippen LogP contribution in [0.25, 0.3) is 0 Å². The van der Waals surface area contributed by atoms with Crippen molar-refractivity contribution in [2.24, 2.45) is 5.92 Å². The van der Waals surface area contributed by atoms with Crippen molar-refractivity contribution in [2.45, 2.75) is 38.0 Å². The van der Waals surface area contributed by atoms with Crippen molar-refractivity contribution < 1.29 is 23.1 Å². The zero-order valence-electron chi connectivity index (χ0n) is 12.7. The van der Waals surface area contributed by atoms with E-state index in [4.69, 9.17) is 0 Å². The van der Waals surface area contributed by atoms with Gasteiger partial charge in [0.1, 0.15) is 0 Å². The summed E-state index contributed by atoms with van der Waals surface area (Å²) in [7, 11) is 0. The molecule has 0 unspecified atom stereocenters. The van der Waals surface area contributed by atoms with Gasteiger partial charge in [-0.1, -0.05) is 12.1 Å². The molecular weight excluding hydrogens is 309 g/mol. The maximum absolute atomic E-state index is 12.4. The van der Waals surface area contributed by atoms with Crippen molar-refractivity contribution in [2.75, 3.05) is 13.1 Å². The Balaban J connectivity index is 1.65. The molecule has 4 nitrogen and oxygen atoms in total. The molecule has 128 valence electrons. The SMILES string of the molecule is O=C(NCCc1ccc(C(F)(F)F)cc1)NC[C@@H]1CC[C@@H](O)C1. The number of halogens is 3. The highest BCUT2D eigenvalue weighted by Crippen LogP contribution is 2.29. The summed E-state index contributed by atoms with van der Waals surface area (Å²) in [6.07, 6.45) is -1.72. The van der Waals surface area contributed by atoms with Gasteiger partial charge < -0.3 is 15.7 Å². The Morgan fingerprint density at radius 1 is 1.17 bits per heavy atom. The van der Waals surface area contributed by atoms with Crippen molar-refractivity contribution in [3.05, 3.63) is 35.4 Å². The molecule has 1 aromatic carbocycles. The summed E-state index contributed by atoms with van der Waals surface area (Å²) < 4.78 is 37.3. The van der Waals surface area contributed by atoms with Crippen molar-refractivity contribution in [3.8, 4) is 0 Å². The van der Waals surface area contributed by atoms with Gasteiger partial charge in [0.25, 0.3) is 0 Å². The minimum absolute atomic E-state index is 0.260. The number of alkyl halides is 3. The normalized spacial score (nSPS) is 21.2. The molecule has 0 aliphatic heterocycles. The fourth-order valence-corrected chi connectivity index (χ4v) is 2.71. The van der Waals surface area contributed by atoms with Crippen molar-refractivity contribution in [3.63, 3.8) is 0 Å². The molecule has 0 saturated heterocycles. The van der Waals surface area contributed by atoms with Crippen molar-refractivity contribution in [1.29, 1.82) is 0 Å². The van der Waals surface area contributed by atoms with Gasteiger partial charge in [-0.3, -0.25) is 0 Å². The topological polar surface area (TPSA) is 61.4 Å². The summed E-state index contributed by atoms with van der Waals surface area (Å²) in [5.74, 6) is 0.311. The van der Waals surface area contributed by atoms with E-state index in [1.165, 1.54) is 12.1 Å². The predicted octanol–water partition coefficient (Wildman–Crippen LogP) is 2.71. The van der Waals surface area contributed by atoms with Crippen molar-refractivity contribution >= 4 is 6.03 Å². The maximum Gasteiger partial charge on any atom is 0.416 e. The Morgan fingerprint density at radius 2 is 1.87 bits per heavy atom. The highest BCUT2D eigenvalue weighted by molar-refractivity contribution is 5.73. The number of benzene rings is 1. The van der Waals surface area contributed by atoms with Crippen LogP contribution in [0, 0.1) is 5.92 Å². The predicted molar refractivity (Wildman–Crippen MR) is 79.9 cm³/mol. The molecule has 1 aliphatic rings. The van der Waals surface area contributed by atoms with Crippen molar-refractivity contribution in [1.82, 2.24) is 10.6 Å². The molecule has 0 bridgehead atoms. The van der Waals surface area contributed by atoms with Gasteiger partial charge >= 0.3 is 12.2 Å². The Labute approximate surface area is 133 Å². The summed E-state index contributed by atoms with van der Waals surface area (Å²) >= 11 is 0. The van der Waals surface area contributed by atoms with E-state index in [0.29, 0.717) is 31.8 Å². The summed E-state index contributed by atoms with van der Waals surface area (Å²) in [6.45, 7) is 0.883. The highest BCUT2D eigenvalue weighted by Gasteiger charge is 2.29. The van der Waals surface area contributed by atoms with E-state index in [-0.39, 0.29) is 12.1 Å². The van der Waals surface area contributed by atoms with E-state index in [1.807, 2.05) is 0 Å². The van der Waals surface area contributed by atoms with E-state index in [9.17, 15) is 23.1 Å². The number of amides is 2. The molecule has 0 heterocycles. The third-order valence-corrected chi connectivity index (χ3v) is 4.05. The van der Waals surface area contributed by atoms with Crippen LogP contribution in [0.2, 0.25) is 0 Å². The third-order valence-electron chi connectivity index (χ3n) is 4.05. The monoisotopic (exact) mass is 330 g/mol. The largest absolute Gasteiger partial charge is 0.416 e. The van der Waals surface area contributed by atoms with Crippen LogP contribution in [0.5, 0.6) is 0 Å². The standard InChI is InChI=1S/C16H21F3N2O2/c17-16(18,19)13-4-1-11(2-5-13)7-8-20-15(23)21-10-12-3-6-14(22)9-12/h1-2,4-5,12,14,22H,3,6-10H2,(H2,20,21,23)/t12-,14-/m1/s1. The van der Waals surface area contributed by atoms with E-state index >= 15 is 0 Å². The van der Waals surface area contributed by atoms with Gasteiger partial charge in [0.05, 0.1) is 11.7 Å². The highest BCUT2D eigenvalue weighted by atomic mass is 19.4. The fraction of sp³-hybridized carbons (Fsp3) is 0.562. The molecule has 23 heavy (non-hydrogen) atoms. The summed E-state index contributed by atoms with van der Waals surface area (Å²) in [5.41, 5.74) is 0.0583. The first kappa shape index (κ1) is 17.6. The first-order valence-electron chi connectivity index (χ1n) is 7.70. The summed E-state index contributed by atoms with van der Waals surface area (Å²) in [6, 6.07) is 4.63. The molecule has 2 atom stereocenters. The van der Waals surface area contributed by atoms with Gasteiger partial charge in [0.2, 0.25) is 0 Å². The van der Waals surface area contributed by atoms with Crippen LogP contribution in [0.1, 0.15) is 30.4 Å². The summed E-state index contributed by atoms with van der Waals surface area (Å²) in [5, 5.41) is 14.8. The van der Waals surface area contributed by atoms with E-state index < -0.39 is 11.7 Å². The lowest BCUT2D eigenvalue weighted by molar-refractivity contribution is -0.137. The molecule has 2 rings (SSSR count). The lowest BCUT2D eigenvalue weighted by Crippen LogP contribution is -2.38. The molecule has 0 radical (unpaired) electrons. The molecular formula is C16H21F3N2O2. The lowest BCUT2D eigenvalue weighted by Gasteiger charge is -2.12. The van der Waals surface area contributed by atoms with E-state index in [1.54, 1.807) is 0 Å². The number of aliphatic hydroxyl groups excluding tert-OH is 1. The molecule has 7 heteroatoms. The number of hydrogen-bond donors (Lipinski definition) is 3. The third kappa shape index (κ3) is 5.74. The van der Waals surface area contributed by atoms with Gasteiger partial charge in [-0.05, 0) is 49.3 Å². The van der Waals surface area contributed by atoms with Crippen LogP contribution in [0.4, 0.5) is 18.0 Å². The average Bonchev–Trinajstić information content (AvgIpc) is 2.90. The van der Waals surface area contributed by atoms with E-state index in [0.717, 1.165) is 30.5 Å². The summed E-state index contributed by atoms with van der Waals surface area (Å²) in [4.78, 5) is 11.6. The second-order valence-electron chi connectivity index (χ2n) is 5.91. The molecule has 1 fully saturated rings. The molecule has 0 aromatic heterocycles. The fourth-order valence-electron chi connectivity index (χ4n) is 2.71. The second-order valence-corrected chi connectivity index (χ2v) is 5.91. The lowest BCUT2D eigenvalue weighted by atomic mass is 10.1. The number of carbonyl (C=O) groups is 1.